The van der Waals surface area contributed by atoms with E-state index in [1.54, 1.807) is 25.1 Å². The Morgan fingerprint density at radius 3 is 2.86 bits per heavy atom. The average Bonchev–Trinajstić information content (AvgIpc) is 3.19. The van der Waals surface area contributed by atoms with E-state index in [1.165, 1.54) is 6.07 Å². The van der Waals surface area contributed by atoms with Crippen LogP contribution in [0.15, 0.2) is 46.8 Å². The summed E-state index contributed by atoms with van der Waals surface area (Å²) in [7, 11) is 0. The predicted molar refractivity (Wildman–Crippen MR) is 101 cm³/mol. The molecule has 0 unspecified atom stereocenters. The van der Waals surface area contributed by atoms with Crippen molar-refractivity contribution < 1.29 is 23.5 Å². The molecule has 0 radical (unpaired) electrons. The standard InChI is InChI=1S/C22H24FNO4/c1-13-19(22(26)28-12-14-6-5-11-27-14)20(15-7-2-3-8-16(15)23)21-17(24-13)9-4-10-18(21)25/h2-3,7-8,14,20,24H,4-6,9-12H2,1H3/t14-,20-/m0/s1. The van der Waals surface area contributed by atoms with E-state index >= 15 is 0 Å². The number of carbonyl (C=O) groups is 2. The van der Waals surface area contributed by atoms with Crippen LogP contribution in [0.5, 0.6) is 0 Å². The molecule has 0 amide bonds. The zero-order valence-electron chi connectivity index (χ0n) is 15.9. The summed E-state index contributed by atoms with van der Waals surface area (Å²) in [6, 6.07) is 6.32. The molecule has 1 aromatic carbocycles. The highest BCUT2D eigenvalue weighted by molar-refractivity contribution is 6.03. The highest BCUT2D eigenvalue weighted by atomic mass is 19.1. The van der Waals surface area contributed by atoms with Gasteiger partial charge in [-0.05, 0) is 38.7 Å². The molecule has 0 saturated carbocycles. The molecule has 0 spiro atoms. The first-order valence-electron chi connectivity index (χ1n) is 9.83. The van der Waals surface area contributed by atoms with Gasteiger partial charge >= 0.3 is 5.97 Å². The largest absolute Gasteiger partial charge is 0.459 e. The maximum absolute atomic E-state index is 14.7. The van der Waals surface area contributed by atoms with E-state index in [2.05, 4.69) is 5.32 Å². The third kappa shape index (κ3) is 3.49. The van der Waals surface area contributed by atoms with Crippen LogP contribution >= 0.6 is 0 Å². The minimum Gasteiger partial charge on any atom is -0.459 e. The van der Waals surface area contributed by atoms with Crippen molar-refractivity contribution >= 4 is 11.8 Å². The average molecular weight is 385 g/mol. The van der Waals surface area contributed by atoms with Crippen LogP contribution < -0.4 is 5.32 Å². The second kappa shape index (κ2) is 7.87. The van der Waals surface area contributed by atoms with Crippen LogP contribution in [-0.2, 0) is 19.1 Å². The fraction of sp³-hybridized carbons (Fsp3) is 0.455. The first-order chi connectivity index (χ1) is 13.6. The van der Waals surface area contributed by atoms with Gasteiger partial charge in [0.05, 0.1) is 17.6 Å². The molecule has 5 nitrogen and oxygen atoms in total. The normalized spacial score (nSPS) is 24.9. The van der Waals surface area contributed by atoms with Crippen LogP contribution in [-0.4, -0.2) is 31.1 Å². The minimum absolute atomic E-state index is 0.0427. The second-order valence-corrected chi connectivity index (χ2v) is 7.52. The molecule has 1 fully saturated rings. The van der Waals surface area contributed by atoms with Crippen LogP contribution in [0.2, 0.25) is 0 Å². The monoisotopic (exact) mass is 385 g/mol. The quantitative estimate of drug-likeness (QED) is 0.804. The lowest BCUT2D eigenvalue weighted by atomic mass is 9.75. The number of hydrogen-bond donors (Lipinski definition) is 1. The highest BCUT2D eigenvalue weighted by Gasteiger charge is 2.40. The van der Waals surface area contributed by atoms with Gasteiger partial charge in [0.25, 0.3) is 0 Å². The number of carbonyl (C=O) groups excluding carboxylic acids is 2. The molecule has 1 saturated heterocycles. The van der Waals surface area contributed by atoms with E-state index in [0.717, 1.165) is 25.0 Å². The van der Waals surface area contributed by atoms with Gasteiger partial charge in [0, 0.05) is 35.6 Å². The first kappa shape index (κ1) is 18.9. The zero-order valence-corrected chi connectivity index (χ0v) is 15.9. The third-order valence-electron chi connectivity index (χ3n) is 5.64. The van der Waals surface area contributed by atoms with Crippen molar-refractivity contribution in [3.8, 4) is 0 Å². The predicted octanol–water partition coefficient (Wildman–Crippen LogP) is 3.52. The van der Waals surface area contributed by atoms with E-state index in [9.17, 15) is 14.0 Å². The molecule has 0 aromatic heterocycles. The molecule has 3 aliphatic rings. The number of Topliss-reactive ketones (excluding diaryl/α,β-unsaturated/α-hetero) is 1. The summed E-state index contributed by atoms with van der Waals surface area (Å²) in [5, 5.41) is 3.21. The first-order valence-corrected chi connectivity index (χ1v) is 9.83. The van der Waals surface area contributed by atoms with Gasteiger partial charge in [-0.3, -0.25) is 4.79 Å². The number of ether oxygens (including phenoxy) is 2. The summed E-state index contributed by atoms with van der Waals surface area (Å²) >= 11 is 0. The van der Waals surface area contributed by atoms with Crippen molar-refractivity contribution in [1.82, 2.24) is 5.32 Å². The number of nitrogens with one attached hydrogen (secondary N) is 1. The van der Waals surface area contributed by atoms with Crippen LogP contribution in [0.1, 0.15) is 50.5 Å². The maximum Gasteiger partial charge on any atom is 0.336 e. The zero-order chi connectivity index (χ0) is 19.7. The number of allylic oxidation sites excluding steroid dienone is 3. The number of dihydropyridines is 1. The molecule has 28 heavy (non-hydrogen) atoms. The molecular formula is C22H24FNO4. The maximum atomic E-state index is 14.7. The van der Waals surface area contributed by atoms with Crippen molar-refractivity contribution in [1.29, 1.82) is 0 Å². The van der Waals surface area contributed by atoms with E-state index in [4.69, 9.17) is 9.47 Å². The van der Waals surface area contributed by atoms with Gasteiger partial charge in [0.1, 0.15) is 12.4 Å². The minimum atomic E-state index is -0.748. The van der Waals surface area contributed by atoms with Gasteiger partial charge in [0.2, 0.25) is 0 Å². The number of benzene rings is 1. The SMILES string of the molecule is CC1=C(C(=O)OC[C@@H]2CCCO2)[C@H](c2ccccc2F)C2=C(CCCC2=O)N1. The number of ketones is 1. The Kier molecular flexibility index (Phi) is 5.31. The van der Waals surface area contributed by atoms with E-state index in [0.29, 0.717) is 41.9 Å². The molecule has 0 bridgehead atoms. The Morgan fingerprint density at radius 1 is 1.29 bits per heavy atom. The van der Waals surface area contributed by atoms with Gasteiger partial charge in [-0.15, -0.1) is 0 Å². The fourth-order valence-electron chi connectivity index (χ4n) is 4.30. The topological polar surface area (TPSA) is 64.6 Å². The number of halogens is 1. The smallest absolute Gasteiger partial charge is 0.336 e. The molecule has 2 atom stereocenters. The Hall–Kier alpha value is -2.47. The summed E-state index contributed by atoms with van der Waals surface area (Å²) in [5.74, 6) is -1.75. The van der Waals surface area contributed by atoms with Crippen molar-refractivity contribution in [3.63, 3.8) is 0 Å². The molecule has 2 aliphatic heterocycles. The Morgan fingerprint density at radius 2 is 2.11 bits per heavy atom. The van der Waals surface area contributed by atoms with Crippen molar-refractivity contribution in [3.05, 3.63) is 58.2 Å². The molecular weight excluding hydrogens is 361 g/mol. The lowest BCUT2D eigenvalue weighted by Crippen LogP contribution is -2.35. The van der Waals surface area contributed by atoms with Crippen LogP contribution in [0, 0.1) is 5.82 Å². The fourth-order valence-corrected chi connectivity index (χ4v) is 4.30. The van der Waals surface area contributed by atoms with E-state index in [1.807, 2.05) is 0 Å². The summed E-state index contributed by atoms with van der Waals surface area (Å²) in [6.45, 7) is 2.62. The third-order valence-corrected chi connectivity index (χ3v) is 5.64. The Balaban J connectivity index is 1.71. The highest BCUT2D eigenvalue weighted by Crippen LogP contribution is 2.43. The second-order valence-electron chi connectivity index (χ2n) is 7.52. The van der Waals surface area contributed by atoms with Crippen molar-refractivity contribution in [2.24, 2.45) is 0 Å². The molecule has 1 aromatic rings. The lowest BCUT2D eigenvalue weighted by molar-refractivity contribution is -0.142. The molecule has 148 valence electrons. The van der Waals surface area contributed by atoms with Gasteiger partial charge in [-0.2, -0.15) is 0 Å². The van der Waals surface area contributed by atoms with Crippen LogP contribution in [0.25, 0.3) is 0 Å². The van der Waals surface area contributed by atoms with Gasteiger partial charge in [-0.1, -0.05) is 18.2 Å². The number of esters is 1. The van der Waals surface area contributed by atoms with Crippen molar-refractivity contribution in [2.45, 2.75) is 51.0 Å². The summed E-state index contributed by atoms with van der Waals surface area (Å²) in [4.78, 5) is 25.8. The summed E-state index contributed by atoms with van der Waals surface area (Å²) in [5.41, 5.74) is 2.52. The Labute approximate surface area is 163 Å². The molecule has 1 N–H and O–H groups in total. The van der Waals surface area contributed by atoms with Crippen molar-refractivity contribution in [2.75, 3.05) is 13.2 Å². The molecule has 4 rings (SSSR count). The number of hydrogen-bond acceptors (Lipinski definition) is 5. The molecule has 2 heterocycles. The molecule has 1 aliphatic carbocycles. The Bertz CT molecular complexity index is 867. The van der Waals surface area contributed by atoms with Crippen LogP contribution in [0.3, 0.4) is 0 Å². The molecule has 6 heteroatoms. The summed E-state index contributed by atoms with van der Waals surface area (Å²) in [6.07, 6.45) is 3.58. The van der Waals surface area contributed by atoms with Gasteiger partial charge < -0.3 is 14.8 Å². The van der Waals surface area contributed by atoms with E-state index in [-0.39, 0.29) is 18.5 Å². The summed E-state index contributed by atoms with van der Waals surface area (Å²) < 4.78 is 25.7. The van der Waals surface area contributed by atoms with Crippen LogP contribution in [0.4, 0.5) is 4.39 Å². The lowest BCUT2D eigenvalue weighted by Gasteiger charge is -2.34. The van der Waals surface area contributed by atoms with Gasteiger partial charge in [-0.25, -0.2) is 9.18 Å². The van der Waals surface area contributed by atoms with Gasteiger partial charge in [0.15, 0.2) is 5.78 Å². The van der Waals surface area contributed by atoms with E-state index < -0.39 is 17.7 Å². The number of rotatable bonds is 4.